The molecule has 1 N–H and O–H groups in total. The van der Waals surface area contributed by atoms with Crippen LogP contribution >= 0.6 is 15.9 Å². The van der Waals surface area contributed by atoms with Crippen molar-refractivity contribution < 1.29 is 4.79 Å². The summed E-state index contributed by atoms with van der Waals surface area (Å²) in [4.78, 5) is 15.4. The lowest BCUT2D eigenvalue weighted by Crippen LogP contribution is -2.32. The van der Waals surface area contributed by atoms with Gasteiger partial charge in [0.05, 0.1) is 10.9 Å². The van der Waals surface area contributed by atoms with E-state index in [1.54, 1.807) is 12.4 Å². The van der Waals surface area contributed by atoms with Crippen molar-refractivity contribution in [1.29, 1.82) is 0 Å². The monoisotopic (exact) mass is 270 g/mol. The summed E-state index contributed by atoms with van der Waals surface area (Å²) in [6.07, 6.45) is 4.24. The first-order valence-electron chi connectivity index (χ1n) is 4.99. The molecule has 0 radical (unpaired) electrons. The number of pyridine rings is 1. The van der Waals surface area contributed by atoms with Crippen molar-refractivity contribution >= 4 is 21.8 Å². The van der Waals surface area contributed by atoms with E-state index in [1.165, 1.54) is 0 Å². The maximum atomic E-state index is 11.6. The Morgan fingerprint density at radius 3 is 2.67 bits per heavy atom. The van der Waals surface area contributed by atoms with Gasteiger partial charge in [-0.15, -0.1) is 0 Å². The van der Waals surface area contributed by atoms with Gasteiger partial charge in [0.2, 0.25) is 5.91 Å². The third kappa shape index (κ3) is 3.63. The van der Waals surface area contributed by atoms with Crippen LogP contribution in [-0.4, -0.2) is 15.7 Å². The quantitative estimate of drug-likeness (QED) is 0.854. The SMILES string of the molecule is CCC(Br)C(=O)N[C@H](C)c1ccncc1. The van der Waals surface area contributed by atoms with Gasteiger partial charge in [-0.25, -0.2) is 0 Å². The topological polar surface area (TPSA) is 42.0 Å². The molecule has 0 saturated heterocycles. The number of alkyl halides is 1. The number of hydrogen-bond acceptors (Lipinski definition) is 2. The number of nitrogens with one attached hydrogen (secondary N) is 1. The molecule has 15 heavy (non-hydrogen) atoms. The molecule has 0 spiro atoms. The van der Waals surface area contributed by atoms with E-state index in [2.05, 4.69) is 26.2 Å². The Morgan fingerprint density at radius 2 is 2.13 bits per heavy atom. The molecule has 0 bridgehead atoms. The highest BCUT2D eigenvalue weighted by Crippen LogP contribution is 2.12. The van der Waals surface area contributed by atoms with Gasteiger partial charge in [-0.05, 0) is 31.0 Å². The molecule has 0 aromatic carbocycles. The lowest BCUT2D eigenvalue weighted by Gasteiger charge is -2.16. The average Bonchev–Trinajstić information content (AvgIpc) is 2.29. The van der Waals surface area contributed by atoms with Crippen molar-refractivity contribution in [1.82, 2.24) is 10.3 Å². The maximum absolute atomic E-state index is 11.6. The standard InChI is InChI=1S/C11H15BrN2O/c1-3-10(12)11(15)14-8(2)9-4-6-13-7-5-9/h4-8,10H,3H2,1-2H3,(H,14,15)/t8-,10?/m1/s1. The molecule has 2 atom stereocenters. The molecule has 0 aliphatic rings. The molecule has 1 unspecified atom stereocenters. The van der Waals surface area contributed by atoms with Crippen LogP contribution in [0.15, 0.2) is 24.5 Å². The van der Waals surface area contributed by atoms with Gasteiger partial charge < -0.3 is 5.32 Å². The fourth-order valence-electron chi connectivity index (χ4n) is 1.22. The molecule has 1 heterocycles. The highest BCUT2D eigenvalue weighted by Gasteiger charge is 2.15. The smallest absolute Gasteiger partial charge is 0.234 e. The fraction of sp³-hybridized carbons (Fsp3) is 0.455. The second-order valence-electron chi connectivity index (χ2n) is 3.39. The molecular formula is C11H15BrN2O. The van der Waals surface area contributed by atoms with Crippen LogP contribution in [0.1, 0.15) is 31.9 Å². The van der Waals surface area contributed by atoms with Gasteiger partial charge in [0.1, 0.15) is 0 Å². The molecule has 0 saturated carbocycles. The second-order valence-corrected chi connectivity index (χ2v) is 4.49. The minimum absolute atomic E-state index is 0.0205. The summed E-state index contributed by atoms with van der Waals surface area (Å²) in [5, 5.41) is 2.93. The summed E-state index contributed by atoms with van der Waals surface area (Å²) in [6.45, 7) is 3.93. The molecule has 1 aromatic heterocycles. The van der Waals surface area contributed by atoms with Crippen LogP contribution in [-0.2, 0) is 4.79 Å². The van der Waals surface area contributed by atoms with E-state index in [9.17, 15) is 4.79 Å². The minimum Gasteiger partial charge on any atom is -0.349 e. The zero-order valence-electron chi connectivity index (χ0n) is 8.90. The highest BCUT2D eigenvalue weighted by molar-refractivity contribution is 9.10. The van der Waals surface area contributed by atoms with E-state index in [0.29, 0.717) is 0 Å². The molecule has 3 nitrogen and oxygen atoms in total. The number of hydrogen-bond donors (Lipinski definition) is 1. The number of amides is 1. The molecular weight excluding hydrogens is 256 g/mol. The van der Waals surface area contributed by atoms with E-state index in [4.69, 9.17) is 0 Å². The number of nitrogens with zero attached hydrogens (tertiary/aromatic N) is 1. The third-order valence-electron chi connectivity index (χ3n) is 2.21. The zero-order chi connectivity index (χ0) is 11.3. The second kappa shape index (κ2) is 5.85. The number of carbonyl (C=O) groups excluding carboxylic acids is 1. The summed E-state index contributed by atoms with van der Waals surface area (Å²) >= 11 is 3.32. The van der Waals surface area contributed by atoms with Crippen LogP contribution in [0.25, 0.3) is 0 Å². The van der Waals surface area contributed by atoms with Crippen molar-refractivity contribution in [3.63, 3.8) is 0 Å². The molecule has 1 amide bonds. The van der Waals surface area contributed by atoms with Crippen LogP contribution in [0.5, 0.6) is 0 Å². The normalized spacial score (nSPS) is 14.3. The van der Waals surface area contributed by atoms with Gasteiger partial charge in [0, 0.05) is 12.4 Å². The summed E-state index contributed by atoms with van der Waals surface area (Å²) in [5.41, 5.74) is 1.06. The number of aromatic nitrogens is 1. The van der Waals surface area contributed by atoms with Gasteiger partial charge in [-0.2, -0.15) is 0 Å². The molecule has 1 rings (SSSR count). The minimum atomic E-state index is -0.109. The van der Waals surface area contributed by atoms with Crippen molar-refractivity contribution in [2.45, 2.75) is 31.1 Å². The number of halogens is 1. The van der Waals surface area contributed by atoms with Crippen molar-refractivity contribution in [3.8, 4) is 0 Å². The van der Waals surface area contributed by atoms with E-state index in [1.807, 2.05) is 26.0 Å². The van der Waals surface area contributed by atoms with Crippen LogP contribution in [0.4, 0.5) is 0 Å². The van der Waals surface area contributed by atoms with Gasteiger partial charge in [-0.3, -0.25) is 9.78 Å². The predicted molar refractivity (Wildman–Crippen MR) is 63.8 cm³/mol. The molecule has 82 valence electrons. The number of carbonyl (C=O) groups is 1. The highest BCUT2D eigenvalue weighted by atomic mass is 79.9. The Hall–Kier alpha value is -0.900. The Labute approximate surface area is 98.4 Å². The first-order chi connectivity index (χ1) is 7.15. The van der Waals surface area contributed by atoms with Crippen molar-refractivity contribution in [3.05, 3.63) is 30.1 Å². The molecule has 0 fully saturated rings. The van der Waals surface area contributed by atoms with Crippen LogP contribution in [0.2, 0.25) is 0 Å². The van der Waals surface area contributed by atoms with Crippen molar-refractivity contribution in [2.75, 3.05) is 0 Å². The van der Waals surface area contributed by atoms with Gasteiger partial charge in [0.15, 0.2) is 0 Å². The summed E-state index contributed by atoms with van der Waals surface area (Å²) in [7, 11) is 0. The summed E-state index contributed by atoms with van der Waals surface area (Å²) < 4.78 is 0. The van der Waals surface area contributed by atoms with Gasteiger partial charge in [-0.1, -0.05) is 22.9 Å². The Morgan fingerprint density at radius 1 is 1.53 bits per heavy atom. The van der Waals surface area contributed by atoms with E-state index in [0.717, 1.165) is 12.0 Å². The van der Waals surface area contributed by atoms with Crippen LogP contribution in [0, 0.1) is 0 Å². The van der Waals surface area contributed by atoms with E-state index >= 15 is 0 Å². The molecule has 0 aliphatic carbocycles. The molecule has 0 aliphatic heterocycles. The van der Waals surface area contributed by atoms with E-state index in [-0.39, 0.29) is 16.8 Å². The summed E-state index contributed by atoms with van der Waals surface area (Å²) in [6, 6.07) is 3.83. The van der Waals surface area contributed by atoms with Gasteiger partial charge in [0.25, 0.3) is 0 Å². The Bertz CT molecular complexity index is 316. The largest absolute Gasteiger partial charge is 0.349 e. The number of rotatable bonds is 4. The first kappa shape index (κ1) is 12.2. The molecule has 1 aromatic rings. The zero-order valence-corrected chi connectivity index (χ0v) is 10.5. The summed E-state index contributed by atoms with van der Waals surface area (Å²) in [5.74, 6) is 0.0295. The maximum Gasteiger partial charge on any atom is 0.234 e. The van der Waals surface area contributed by atoms with Crippen LogP contribution < -0.4 is 5.32 Å². The van der Waals surface area contributed by atoms with Crippen molar-refractivity contribution in [2.24, 2.45) is 0 Å². The van der Waals surface area contributed by atoms with E-state index < -0.39 is 0 Å². The lowest BCUT2D eigenvalue weighted by molar-refractivity contribution is -0.121. The Kier molecular flexibility index (Phi) is 4.75. The first-order valence-corrected chi connectivity index (χ1v) is 5.91. The third-order valence-corrected chi connectivity index (χ3v) is 3.27. The average molecular weight is 271 g/mol. The van der Waals surface area contributed by atoms with Crippen LogP contribution in [0.3, 0.4) is 0 Å². The Balaban J connectivity index is 2.56. The fourth-order valence-corrected chi connectivity index (χ4v) is 1.36. The predicted octanol–water partition coefficient (Wildman–Crippen LogP) is 2.43. The molecule has 4 heteroatoms. The van der Waals surface area contributed by atoms with Gasteiger partial charge >= 0.3 is 0 Å². The lowest BCUT2D eigenvalue weighted by atomic mass is 10.1.